The topological polar surface area (TPSA) is 95.9 Å². The van der Waals surface area contributed by atoms with Crippen LogP contribution in [0.1, 0.15) is 29.7 Å². The van der Waals surface area contributed by atoms with E-state index in [2.05, 4.69) is 44.8 Å². The number of benzene rings is 1. The Morgan fingerprint density at radius 3 is 2.74 bits per heavy atom. The SMILES string of the molecule is CCNC(=NCc1ccc(C(N)=O)o1)NC1CCN(c2ccccc2)C1.I. The highest BCUT2D eigenvalue weighted by Gasteiger charge is 2.23. The number of hydrogen-bond acceptors (Lipinski definition) is 4. The van der Waals surface area contributed by atoms with Gasteiger partial charge in [0, 0.05) is 31.4 Å². The van der Waals surface area contributed by atoms with Gasteiger partial charge in [0.2, 0.25) is 0 Å². The van der Waals surface area contributed by atoms with Crippen molar-refractivity contribution in [3.63, 3.8) is 0 Å². The van der Waals surface area contributed by atoms with E-state index >= 15 is 0 Å². The molecule has 7 nitrogen and oxygen atoms in total. The van der Waals surface area contributed by atoms with Crippen LogP contribution < -0.4 is 21.3 Å². The summed E-state index contributed by atoms with van der Waals surface area (Å²) in [7, 11) is 0. The van der Waals surface area contributed by atoms with Crippen LogP contribution in [0.3, 0.4) is 0 Å². The minimum Gasteiger partial charge on any atom is -0.454 e. The van der Waals surface area contributed by atoms with Crippen LogP contribution in [0.4, 0.5) is 5.69 Å². The molecule has 1 aliphatic heterocycles. The van der Waals surface area contributed by atoms with Crippen LogP contribution in [0, 0.1) is 0 Å². The van der Waals surface area contributed by atoms with Gasteiger partial charge in [-0.05, 0) is 37.6 Å². The summed E-state index contributed by atoms with van der Waals surface area (Å²) in [6.45, 7) is 5.09. The Bertz CT molecular complexity index is 762. The lowest BCUT2D eigenvalue weighted by atomic mass is 10.3. The van der Waals surface area contributed by atoms with Crippen molar-refractivity contribution in [3.8, 4) is 0 Å². The van der Waals surface area contributed by atoms with E-state index in [1.807, 2.05) is 13.0 Å². The molecule has 0 spiro atoms. The number of nitrogens with one attached hydrogen (secondary N) is 2. The summed E-state index contributed by atoms with van der Waals surface area (Å²) in [6, 6.07) is 14.0. The summed E-state index contributed by atoms with van der Waals surface area (Å²) in [5.41, 5.74) is 6.45. The summed E-state index contributed by atoms with van der Waals surface area (Å²) in [5.74, 6) is 0.928. The molecule has 27 heavy (non-hydrogen) atoms. The van der Waals surface area contributed by atoms with Crippen molar-refractivity contribution in [1.29, 1.82) is 0 Å². The third kappa shape index (κ3) is 5.88. The van der Waals surface area contributed by atoms with Crippen LogP contribution in [-0.2, 0) is 6.54 Å². The zero-order chi connectivity index (χ0) is 18.4. The number of rotatable bonds is 6. The summed E-state index contributed by atoms with van der Waals surface area (Å²) in [6.07, 6.45) is 1.05. The second-order valence-corrected chi connectivity index (χ2v) is 6.24. The molecule has 2 heterocycles. The molecule has 1 unspecified atom stereocenters. The number of aliphatic imine (C=N–C) groups is 1. The number of guanidine groups is 1. The molecule has 0 radical (unpaired) electrons. The Hall–Kier alpha value is -2.23. The first-order valence-electron chi connectivity index (χ1n) is 8.89. The second kappa shape index (κ2) is 10.2. The minimum atomic E-state index is -0.572. The number of para-hydroxylation sites is 1. The largest absolute Gasteiger partial charge is 0.454 e. The molecule has 3 rings (SSSR count). The molecule has 1 amide bonds. The molecule has 0 aliphatic carbocycles. The summed E-state index contributed by atoms with van der Waals surface area (Å²) in [5, 5.41) is 6.73. The second-order valence-electron chi connectivity index (χ2n) is 6.24. The van der Waals surface area contributed by atoms with Gasteiger partial charge >= 0.3 is 0 Å². The molecule has 146 valence electrons. The Kier molecular flexibility index (Phi) is 7.96. The number of halogens is 1. The quantitative estimate of drug-likeness (QED) is 0.333. The van der Waals surface area contributed by atoms with E-state index in [-0.39, 0.29) is 29.7 Å². The predicted octanol–water partition coefficient (Wildman–Crippen LogP) is 2.33. The van der Waals surface area contributed by atoms with Crippen molar-refractivity contribution < 1.29 is 9.21 Å². The first-order chi connectivity index (χ1) is 12.7. The van der Waals surface area contributed by atoms with Gasteiger partial charge in [-0.3, -0.25) is 4.79 Å². The fourth-order valence-corrected chi connectivity index (χ4v) is 3.02. The number of furan rings is 1. The van der Waals surface area contributed by atoms with Crippen molar-refractivity contribution >= 4 is 41.5 Å². The van der Waals surface area contributed by atoms with E-state index < -0.39 is 5.91 Å². The van der Waals surface area contributed by atoms with Crippen LogP contribution >= 0.6 is 24.0 Å². The van der Waals surface area contributed by atoms with Gasteiger partial charge in [-0.1, -0.05) is 18.2 Å². The maximum atomic E-state index is 11.1. The smallest absolute Gasteiger partial charge is 0.284 e. The molecular formula is C19H26IN5O2. The van der Waals surface area contributed by atoms with Crippen molar-refractivity contribution in [1.82, 2.24) is 10.6 Å². The molecule has 0 bridgehead atoms. The summed E-state index contributed by atoms with van der Waals surface area (Å²) < 4.78 is 5.37. The third-order valence-corrected chi connectivity index (χ3v) is 4.29. The van der Waals surface area contributed by atoms with Gasteiger partial charge in [0.05, 0.1) is 0 Å². The van der Waals surface area contributed by atoms with Crippen molar-refractivity contribution in [2.75, 3.05) is 24.5 Å². The van der Waals surface area contributed by atoms with E-state index in [1.165, 1.54) is 5.69 Å². The van der Waals surface area contributed by atoms with Crippen LogP contribution in [0.5, 0.6) is 0 Å². The minimum absolute atomic E-state index is 0. The number of primary amides is 1. The zero-order valence-corrected chi connectivity index (χ0v) is 17.7. The zero-order valence-electron chi connectivity index (χ0n) is 15.4. The lowest BCUT2D eigenvalue weighted by Crippen LogP contribution is -2.44. The molecule has 1 fully saturated rings. The average molecular weight is 483 g/mol. The van der Waals surface area contributed by atoms with Gasteiger partial charge in [0.25, 0.3) is 5.91 Å². The highest BCUT2D eigenvalue weighted by molar-refractivity contribution is 14.0. The van der Waals surface area contributed by atoms with Crippen LogP contribution in [0.2, 0.25) is 0 Å². The standard InChI is InChI=1S/C19H25N5O2.HI/c1-2-21-19(22-12-16-8-9-17(26-16)18(20)25)23-14-10-11-24(13-14)15-6-4-3-5-7-15;/h3-9,14H,2,10-13H2,1H3,(H2,20,25)(H2,21,22,23);1H. The van der Waals surface area contributed by atoms with Crippen LogP contribution in [0.15, 0.2) is 51.9 Å². The number of carbonyl (C=O) groups is 1. The number of carbonyl (C=O) groups excluding carboxylic acids is 1. The van der Waals surface area contributed by atoms with Gasteiger partial charge in [0.15, 0.2) is 11.7 Å². The Balaban J connectivity index is 0.00000261. The molecule has 1 aromatic heterocycles. The van der Waals surface area contributed by atoms with Crippen molar-refractivity contribution in [3.05, 3.63) is 54.0 Å². The highest BCUT2D eigenvalue weighted by Crippen LogP contribution is 2.19. The normalized spacial score (nSPS) is 16.7. The Labute approximate surface area is 176 Å². The molecule has 1 saturated heterocycles. The fraction of sp³-hybridized carbons (Fsp3) is 0.368. The van der Waals surface area contributed by atoms with Crippen molar-refractivity contribution in [2.45, 2.75) is 25.9 Å². The number of amides is 1. The number of hydrogen-bond donors (Lipinski definition) is 3. The van der Waals surface area contributed by atoms with Crippen LogP contribution in [0.25, 0.3) is 0 Å². The Morgan fingerprint density at radius 1 is 1.30 bits per heavy atom. The molecule has 2 aromatic rings. The molecule has 4 N–H and O–H groups in total. The monoisotopic (exact) mass is 483 g/mol. The lowest BCUT2D eigenvalue weighted by Gasteiger charge is -2.20. The maximum Gasteiger partial charge on any atom is 0.284 e. The summed E-state index contributed by atoms with van der Waals surface area (Å²) in [4.78, 5) is 18.0. The summed E-state index contributed by atoms with van der Waals surface area (Å²) >= 11 is 0. The van der Waals surface area contributed by atoms with E-state index in [9.17, 15) is 4.79 Å². The third-order valence-electron chi connectivity index (χ3n) is 4.29. The number of anilines is 1. The van der Waals surface area contributed by atoms with Crippen LogP contribution in [-0.4, -0.2) is 37.5 Å². The number of nitrogens with two attached hydrogens (primary N) is 1. The average Bonchev–Trinajstić information content (AvgIpc) is 3.30. The first kappa shape index (κ1) is 21.1. The van der Waals surface area contributed by atoms with Gasteiger partial charge in [0.1, 0.15) is 12.3 Å². The van der Waals surface area contributed by atoms with Gasteiger partial charge in [-0.25, -0.2) is 4.99 Å². The molecule has 0 saturated carbocycles. The molecule has 1 aromatic carbocycles. The Morgan fingerprint density at radius 2 is 2.07 bits per heavy atom. The molecular weight excluding hydrogens is 457 g/mol. The fourth-order valence-electron chi connectivity index (χ4n) is 3.02. The molecule has 8 heteroatoms. The van der Waals surface area contributed by atoms with Crippen molar-refractivity contribution in [2.24, 2.45) is 10.7 Å². The maximum absolute atomic E-state index is 11.1. The van der Waals surface area contributed by atoms with E-state index in [4.69, 9.17) is 10.2 Å². The predicted molar refractivity (Wildman–Crippen MR) is 118 cm³/mol. The lowest BCUT2D eigenvalue weighted by molar-refractivity contribution is 0.0972. The van der Waals surface area contributed by atoms with Gasteiger partial charge in [-0.2, -0.15) is 0 Å². The number of nitrogens with zero attached hydrogens (tertiary/aromatic N) is 2. The van der Waals surface area contributed by atoms with Gasteiger partial charge in [-0.15, -0.1) is 24.0 Å². The van der Waals surface area contributed by atoms with Gasteiger partial charge < -0.3 is 25.7 Å². The molecule has 1 atom stereocenters. The first-order valence-corrected chi connectivity index (χ1v) is 8.89. The van der Waals surface area contributed by atoms with E-state index in [0.29, 0.717) is 18.3 Å². The van der Waals surface area contributed by atoms with E-state index in [1.54, 1.807) is 12.1 Å². The highest BCUT2D eigenvalue weighted by atomic mass is 127. The van der Waals surface area contributed by atoms with E-state index in [0.717, 1.165) is 32.0 Å². The molecule has 1 aliphatic rings.